The molecule has 1 aliphatic rings. The van der Waals surface area contributed by atoms with Crippen LogP contribution in [-0.2, 0) is 9.53 Å². The number of nitrogens with one attached hydrogen (secondary N) is 2. The van der Waals surface area contributed by atoms with E-state index in [2.05, 4.69) is 29.4 Å². The van der Waals surface area contributed by atoms with Crippen LogP contribution < -0.4 is 10.6 Å². The van der Waals surface area contributed by atoms with E-state index in [1.54, 1.807) is 0 Å². The first kappa shape index (κ1) is 15.4. The third-order valence-electron chi connectivity index (χ3n) is 3.04. The average molecular weight is 257 g/mol. The molecule has 0 spiro atoms. The van der Waals surface area contributed by atoms with Crippen molar-refractivity contribution in [3.05, 3.63) is 0 Å². The Bertz CT molecular complexity index is 228. The largest absolute Gasteiger partial charge is 0.379 e. The van der Waals surface area contributed by atoms with Gasteiger partial charge in [0, 0.05) is 26.2 Å². The van der Waals surface area contributed by atoms with Crippen molar-refractivity contribution < 1.29 is 9.53 Å². The van der Waals surface area contributed by atoms with Crippen LogP contribution in [0.1, 0.15) is 20.3 Å². The molecule has 0 aromatic rings. The number of ether oxygens (including phenoxy) is 1. The summed E-state index contributed by atoms with van der Waals surface area (Å²) in [4.78, 5) is 13.8. The minimum absolute atomic E-state index is 0.0898. The summed E-state index contributed by atoms with van der Waals surface area (Å²) in [5.74, 6) is 0.772. The van der Waals surface area contributed by atoms with Crippen molar-refractivity contribution in [2.24, 2.45) is 5.92 Å². The van der Waals surface area contributed by atoms with Crippen molar-refractivity contribution in [2.45, 2.75) is 20.3 Å². The maximum atomic E-state index is 11.5. The van der Waals surface area contributed by atoms with E-state index < -0.39 is 0 Å². The second-order valence-corrected chi connectivity index (χ2v) is 5.16. The molecule has 0 radical (unpaired) electrons. The van der Waals surface area contributed by atoms with Crippen molar-refractivity contribution in [3.8, 4) is 0 Å². The zero-order valence-corrected chi connectivity index (χ0v) is 11.7. The van der Waals surface area contributed by atoms with E-state index in [1.165, 1.54) is 0 Å². The number of morpholine rings is 1. The molecule has 0 aliphatic carbocycles. The topological polar surface area (TPSA) is 53.6 Å². The summed E-state index contributed by atoms with van der Waals surface area (Å²) in [5.41, 5.74) is 0. The van der Waals surface area contributed by atoms with Crippen LogP contribution in [0.2, 0.25) is 0 Å². The van der Waals surface area contributed by atoms with Gasteiger partial charge in [-0.25, -0.2) is 0 Å². The minimum Gasteiger partial charge on any atom is -0.379 e. The first-order chi connectivity index (χ1) is 8.68. The first-order valence-electron chi connectivity index (χ1n) is 6.96. The fourth-order valence-electron chi connectivity index (χ4n) is 1.83. The first-order valence-corrected chi connectivity index (χ1v) is 6.96. The van der Waals surface area contributed by atoms with Crippen molar-refractivity contribution in [2.75, 3.05) is 52.5 Å². The molecule has 0 aromatic carbocycles. The molecule has 0 saturated carbocycles. The summed E-state index contributed by atoms with van der Waals surface area (Å²) in [6.45, 7) is 10.9. The highest BCUT2D eigenvalue weighted by Crippen LogP contribution is 1.96. The van der Waals surface area contributed by atoms with Crippen LogP contribution in [-0.4, -0.2) is 63.3 Å². The number of carbonyl (C=O) groups is 1. The van der Waals surface area contributed by atoms with Crippen LogP contribution in [0.15, 0.2) is 0 Å². The average Bonchev–Trinajstić information content (AvgIpc) is 2.36. The van der Waals surface area contributed by atoms with Gasteiger partial charge in [-0.05, 0) is 18.9 Å². The van der Waals surface area contributed by atoms with Gasteiger partial charge in [0.05, 0.1) is 19.8 Å². The SMILES string of the molecule is CC(C)CCNCC(=O)NCCN1CCOCC1. The molecule has 0 atom stereocenters. The van der Waals surface area contributed by atoms with Crippen molar-refractivity contribution >= 4 is 5.91 Å². The lowest BCUT2D eigenvalue weighted by Gasteiger charge is -2.26. The summed E-state index contributed by atoms with van der Waals surface area (Å²) in [5, 5.41) is 6.09. The number of hydrogen-bond acceptors (Lipinski definition) is 4. The summed E-state index contributed by atoms with van der Waals surface area (Å²) >= 11 is 0. The lowest BCUT2D eigenvalue weighted by molar-refractivity contribution is -0.120. The minimum atomic E-state index is 0.0898. The molecule has 1 saturated heterocycles. The molecule has 1 aliphatic heterocycles. The number of rotatable bonds is 8. The molecule has 1 rings (SSSR count). The van der Waals surface area contributed by atoms with E-state index in [1.807, 2.05) is 0 Å². The molecule has 2 N–H and O–H groups in total. The molecule has 0 aromatic heterocycles. The summed E-state index contributed by atoms with van der Waals surface area (Å²) in [6, 6.07) is 0. The highest BCUT2D eigenvalue weighted by molar-refractivity contribution is 5.77. The third-order valence-corrected chi connectivity index (χ3v) is 3.04. The Kier molecular flexibility index (Phi) is 7.96. The number of nitrogens with zero attached hydrogens (tertiary/aromatic N) is 1. The molecular formula is C13H27N3O2. The third kappa shape index (κ3) is 7.63. The standard InChI is InChI=1S/C13H27N3O2/c1-12(2)3-4-14-11-13(17)15-5-6-16-7-9-18-10-8-16/h12,14H,3-11H2,1-2H3,(H,15,17). The molecule has 1 amide bonds. The van der Waals surface area contributed by atoms with Crippen LogP contribution in [0.5, 0.6) is 0 Å². The lowest BCUT2D eigenvalue weighted by atomic mass is 10.1. The Morgan fingerprint density at radius 3 is 2.67 bits per heavy atom. The molecule has 5 heteroatoms. The van der Waals surface area contributed by atoms with Crippen molar-refractivity contribution in [1.82, 2.24) is 15.5 Å². The zero-order chi connectivity index (χ0) is 13.2. The second-order valence-electron chi connectivity index (χ2n) is 5.16. The van der Waals surface area contributed by atoms with Gasteiger partial charge in [-0.3, -0.25) is 9.69 Å². The Labute approximate surface area is 110 Å². The number of hydrogen-bond donors (Lipinski definition) is 2. The fourth-order valence-corrected chi connectivity index (χ4v) is 1.83. The predicted octanol–water partition coefficient (Wildman–Crippen LogP) is 0.0705. The molecular weight excluding hydrogens is 230 g/mol. The quantitative estimate of drug-likeness (QED) is 0.604. The molecule has 1 fully saturated rings. The Morgan fingerprint density at radius 2 is 2.00 bits per heavy atom. The van der Waals surface area contributed by atoms with Gasteiger partial charge in [-0.15, -0.1) is 0 Å². The summed E-state index contributed by atoms with van der Waals surface area (Å²) in [6.07, 6.45) is 1.11. The van der Waals surface area contributed by atoms with Gasteiger partial charge < -0.3 is 15.4 Å². The van der Waals surface area contributed by atoms with Crippen LogP contribution in [0.3, 0.4) is 0 Å². The summed E-state index contributed by atoms with van der Waals surface area (Å²) in [7, 11) is 0. The second kappa shape index (κ2) is 9.30. The fraction of sp³-hybridized carbons (Fsp3) is 0.923. The zero-order valence-electron chi connectivity index (χ0n) is 11.7. The highest BCUT2D eigenvalue weighted by Gasteiger charge is 2.09. The van der Waals surface area contributed by atoms with E-state index in [0.717, 1.165) is 52.4 Å². The molecule has 18 heavy (non-hydrogen) atoms. The Morgan fingerprint density at radius 1 is 1.28 bits per heavy atom. The van der Waals surface area contributed by atoms with Gasteiger partial charge in [0.25, 0.3) is 0 Å². The highest BCUT2D eigenvalue weighted by atomic mass is 16.5. The van der Waals surface area contributed by atoms with E-state index in [0.29, 0.717) is 12.5 Å². The normalized spacial score (nSPS) is 17.1. The summed E-state index contributed by atoms with van der Waals surface area (Å²) < 4.78 is 5.27. The number of amides is 1. The van der Waals surface area contributed by atoms with Crippen LogP contribution in [0.25, 0.3) is 0 Å². The number of carbonyl (C=O) groups excluding carboxylic acids is 1. The molecule has 1 heterocycles. The monoisotopic (exact) mass is 257 g/mol. The molecule has 106 valence electrons. The van der Waals surface area contributed by atoms with E-state index in [9.17, 15) is 4.79 Å². The molecule has 0 bridgehead atoms. The van der Waals surface area contributed by atoms with Gasteiger partial charge in [0.1, 0.15) is 0 Å². The Balaban J connectivity index is 1.92. The molecule has 0 unspecified atom stereocenters. The van der Waals surface area contributed by atoms with Crippen molar-refractivity contribution in [3.63, 3.8) is 0 Å². The Hall–Kier alpha value is -0.650. The van der Waals surface area contributed by atoms with E-state index in [4.69, 9.17) is 4.74 Å². The van der Waals surface area contributed by atoms with Gasteiger partial charge in [0.2, 0.25) is 5.91 Å². The molecule has 5 nitrogen and oxygen atoms in total. The van der Waals surface area contributed by atoms with Crippen LogP contribution in [0.4, 0.5) is 0 Å². The van der Waals surface area contributed by atoms with Crippen molar-refractivity contribution in [1.29, 1.82) is 0 Å². The van der Waals surface area contributed by atoms with Gasteiger partial charge in [-0.1, -0.05) is 13.8 Å². The predicted molar refractivity (Wildman–Crippen MR) is 72.6 cm³/mol. The van der Waals surface area contributed by atoms with E-state index >= 15 is 0 Å². The van der Waals surface area contributed by atoms with Gasteiger partial charge >= 0.3 is 0 Å². The maximum Gasteiger partial charge on any atom is 0.234 e. The van der Waals surface area contributed by atoms with Gasteiger partial charge in [0.15, 0.2) is 0 Å². The van der Waals surface area contributed by atoms with Gasteiger partial charge in [-0.2, -0.15) is 0 Å². The van der Waals surface area contributed by atoms with E-state index in [-0.39, 0.29) is 5.91 Å². The maximum absolute atomic E-state index is 11.5. The van der Waals surface area contributed by atoms with Crippen LogP contribution in [0, 0.1) is 5.92 Å². The lowest BCUT2D eigenvalue weighted by Crippen LogP contribution is -2.43. The smallest absolute Gasteiger partial charge is 0.234 e. The van der Waals surface area contributed by atoms with Crippen LogP contribution >= 0.6 is 0 Å².